The molecule has 0 saturated carbocycles. The third-order valence-corrected chi connectivity index (χ3v) is 4.67. The van der Waals surface area contributed by atoms with Gasteiger partial charge >= 0.3 is 0 Å². The zero-order chi connectivity index (χ0) is 19.2. The summed E-state index contributed by atoms with van der Waals surface area (Å²) in [6, 6.07) is 13.1. The monoisotopic (exact) mass is 361 g/mol. The van der Waals surface area contributed by atoms with Gasteiger partial charge in [0.1, 0.15) is 0 Å². The molecule has 0 fully saturated rings. The quantitative estimate of drug-likeness (QED) is 0.699. The van der Waals surface area contributed by atoms with Gasteiger partial charge in [-0.3, -0.25) is 9.48 Å². The van der Waals surface area contributed by atoms with Crippen LogP contribution in [0.2, 0.25) is 0 Å². The van der Waals surface area contributed by atoms with E-state index in [1.165, 1.54) is 0 Å². The summed E-state index contributed by atoms with van der Waals surface area (Å²) in [5.41, 5.74) is 1.60. The van der Waals surface area contributed by atoms with Crippen LogP contribution in [-0.2, 0) is 6.54 Å². The Balaban J connectivity index is 1.77. The fourth-order valence-electron chi connectivity index (χ4n) is 3.10. The van der Waals surface area contributed by atoms with Crippen molar-refractivity contribution < 1.29 is 4.79 Å². The Bertz CT molecular complexity index is 982. The van der Waals surface area contributed by atoms with E-state index in [4.69, 9.17) is 0 Å². The normalized spacial score (nSPS) is 10.9. The lowest BCUT2D eigenvalue weighted by Gasteiger charge is -2.17. The summed E-state index contributed by atoms with van der Waals surface area (Å²) in [6.07, 6.45) is 3.48. The fraction of sp³-hybridized carbons (Fsp3) is 0.286. The zero-order valence-electron chi connectivity index (χ0n) is 15.6. The van der Waals surface area contributed by atoms with Gasteiger partial charge in [-0.1, -0.05) is 38.1 Å². The minimum Gasteiger partial charge on any atom is -0.319 e. The lowest BCUT2D eigenvalue weighted by atomic mass is 10.0. The average Bonchev–Trinajstić information content (AvgIpc) is 3.15. The number of hydrogen-bond acceptors (Lipinski definition) is 4. The Hall–Kier alpha value is -3.17. The largest absolute Gasteiger partial charge is 0.319 e. The third kappa shape index (κ3) is 4.33. The Kier molecular flexibility index (Phi) is 5.84. The van der Waals surface area contributed by atoms with Gasteiger partial charge < -0.3 is 10.2 Å². The zero-order valence-corrected chi connectivity index (χ0v) is 15.6. The van der Waals surface area contributed by atoms with Crippen LogP contribution >= 0.6 is 0 Å². The SMILES string of the molecule is CCN(CC)CCn1cc(NC(=O)c2cc(C#N)cc3ccccc23)cn1. The number of nitriles is 1. The molecule has 0 unspecified atom stereocenters. The standard InChI is InChI=1S/C21H23N5O/c1-3-25(4-2)9-10-26-15-18(14-23-26)24-21(27)20-12-16(13-22)11-17-7-5-6-8-19(17)20/h5-8,11-12,14-15H,3-4,9-10H2,1-2H3,(H,24,27). The van der Waals surface area contributed by atoms with Gasteiger partial charge in [0.15, 0.2) is 0 Å². The molecule has 0 aliphatic carbocycles. The molecule has 3 rings (SSSR count). The summed E-state index contributed by atoms with van der Waals surface area (Å²) in [7, 11) is 0. The smallest absolute Gasteiger partial charge is 0.256 e. The van der Waals surface area contributed by atoms with Gasteiger partial charge in [-0.05, 0) is 36.0 Å². The first kappa shape index (κ1) is 18.6. The van der Waals surface area contributed by atoms with Crippen molar-refractivity contribution in [1.82, 2.24) is 14.7 Å². The number of aromatic nitrogens is 2. The first-order chi connectivity index (χ1) is 13.1. The second kappa shape index (κ2) is 8.47. The predicted molar refractivity (Wildman–Crippen MR) is 107 cm³/mol. The van der Waals surface area contributed by atoms with Gasteiger partial charge in [-0.15, -0.1) is 0 Å². The maximum absolute atomic E-state index is 12.8. The summed E-state index contributed by atoms with van der Waals surface area (Å²) in [6.45, 7) is 7.96. The van der Waals surface area contributed by atoms with Crippen LogP contribution < -0.4 is 5.32 Å². The molecule has 6 heteroatoms. The maximum Gasteiger partial charge on any atom is 0.256 e. The third-order valence-electron chi connectivity index (χ3n) is 4.67. The highest BCUT2D eigenvalue weighted by molar-refractivity contribution is 6.13. The fourth-order valence-corrected chi connectivity index (χ4v) is 3.10. The van der Waals surface area contributed by atoms with Gasteiger partial charge in [0.2, 0.25) is 0 Å². The number of fused-ring (bicyclic) bond motifs is 1. The highest BCUT2D eigenvalue weighted by atomic mass is 16.1. The average molecular weight is 361 g/mol. The molecule has 138 valence electrons. The Labute approximate surface area is 159 Å². The van der Waals surface area contributed by atoms with E-state index < -0.39 is 0 Å². The van der Waals surface area contributed by atoms with Crippen molar-refractivity contribution in [1.29, 1.82) is 5.26 Å². The number of amides is 1. The molecule has 0 radical (unpaired) electrons. The molecule has 1 N–H and O–H groups in total. The van der Waals surface area contributed by atoms with Crippen molar-refractivity contribution in [3.8, 4) is 6.07 Å². The molecule has 0 saturated heterocycles. The van der Waals surface area contributed by atoms with Crippen LogP contribution in [0.25, 0.3) is 10.8 Å². The Morgan fingerprint density at radius 2 is 2.04 bits per heavy atom. The summed E-state index contributed by atoms with van der Waals surface area (Å²) in [4.78, 5) is 15.1. The van der Waals surface area contributed by atoms with Gasteiger partial charge in [0, 0.05) is 18.3 Å². The van der Waals surface area contributed by atoms with E-state index in [0.29, 0.717) is 16.8 Å². The van der Waals surface area contributed by atoms with E-state index in [9.17, 15) is 10.1 Å². The number of carbonyl (C=O) groups is 1. The van der Waals surface area contributed by atoms with E-state index in [0.717, 1.165) is 37.0 Å². The molecule has 0 aliphatic rings. The van der Waals surface area contributed by atoms with Crippen molar-refractivity contribution in [2.45, 2.75) is 20.4 Å². The van der Waals surface area contributed by atoms with Gasteiger partial charge in [-0.25, -0.2) is 0 Å². The van der Waals surface area contributed by atoms with Crippen LogP contribution in [-0.4, -0.2) is 40.2 Å². The molecular weight excluding hydrogens is 338 g/mol. The lowest BCUT2D eigenvalue weighted by Crippen LogP contribution is -2.27. The van der Waals surface area contributed by atoms with Crippen molar-refractivity contribution in [2.24, 2.45) is 0 Å². The molecule has 0 spiro atoms. The highest BCUT2D eigenvalue weighted by Gasteiger charge is 2.13. The van der Waals surface area contributed by atoms with E-state index in [2.05, 4.69) is 35.2 Å². The summed E-state index contributed by atoms with van der Waals surface area (Å²) in [5, 5.41) is 18.2. The summed E-state index contributed by atoms with van der Waals surface area (Å²) >= 11 is 0. The first-order valence-corrected chi connectivity index (χ1v) is 9.13. The minimum absolute atomic E-state index is 0.244. The maximum atomic E-state index is 12.8. The van der Waals surface area contributed by atoms with Crippen molar-refractivity contribution in [3.05, 3.63) is 59.9 Å². The van der Waals surface area contributed by atoms with Crippen molar-refractivity contribution in [3.63, 3.8) is 0 Å². The van der Waals surface area contributed by atoms with Crippen LogP contribution in [0.1, 0.15) is 29.8 Å². The molecule has 1 heterocycles. The van der Waals surface area contributed by atoms with E-state index in [1.54, 1.807) is 18.3 Å². The van der Waals surface area contributed by atoms with E-state index >= 15 is 0 Å². The molecule has 27 heavy (non-hydrogen) atoms. The molecule has 0 aliphatic heterocycles. The van der Waals surface area contributed by atoms with Crippen LogP contribution in [0.5, 0.6) is 0 Å². The van der Waals surface area contributed by atoms with Crippen LogP contribution in [0.3, 0.4) is 0 Å². The topological polar surface area (TPSA) is 73.9 Å². The number of nitrogens with zero attached hydrogens (tertiary/aromatic N) is 4. The van der Waals surface area contributed by atoms with Crippen molar-refractivity contribution in [2.75, 3.05) is 25.0 Å². The molecule has 0 atom stereocenters. The highest BCUT2D eigenvalue weighted by Crippen LogP contribution is 2.22. The number of rotatable bonds is 7. The molecule has 6 nitrogen and oxygen atoms in total. The van der Waals surface area contributed by atoms with Crippen LogP contribution in [0.15, 0.2) is 48.8 Å². The van der Waals surface area contributed by atoms with Crippen molar-refractivity contribution >= 4 is 22.4 Å². The molecule has 0 bridgehead atoms. The molecule has 1 amide bonds. The summed E-state index contributed by atoms with van der Waals surface area (Å²) < 4.78 is 1.83. The minimum atomic E-state index is -0.244. The Morgan fingerprint density at radius 1 is 1.26 bits per heavy atom. The number of nitrogens with one attached hydrogen (secondary N) is 1. The van der Waals surface area contributed by atoms with Gasteiger partial charge in [-0.2, -0.15) is 10.4 Å². The molecule has 1 aromatic heterocycles. The first-order valence-electron chi connectivity index (χ1n) is 9.13. The predicted octanol–water partition coefficient (Wildman–Crippen LogP) is 3.50. The number of anilines is 1. The van der Waals surface area contributed by atoms with Crippen LogP contribution in [0.4, 0.5) is 5.69 Å². The van der Waals surface area contributed by atoms with Crippen LogP contribution in [0, 0.1) is 11.3 Å². The number of likely N-dealkylation sites (N-methyl/N-ethyl adjacent to an activating group) is 1. The molecule has 2 aromatic carbocycles. The molecular formula is C21H23N5O. The Morgan fingerprint density at radius 3 is 2.78 bits per heavy atom. The lowest BCUT2D eigenvalue weighted by molar-refractivity contribution is 0.102. The second-order valence-electron chi connectivity index (χ2n) is 6.33. The number of benzene rings is 2. The number of hydrogen-bond donors (Lipinski definition) is 1. The summed E-state index contributed by atoms with van der Waals surface area (Å²) in [5.74, 6) is -0.244. The molecule has 3 aromatic rings. The second-order valence-corrected chi connectivity index (χ2v) is 6.33. The number of carbonyl (C=O) groups excluding carboxylic acids is 1. The van der Waals surface area contributed by atoms with Gasteiger partial charge in [0.05, 0.1) is 30.1 Å². The van der Waals surface area contributed by atoms with E-state index in [-0.39, 0.29) is 5.91 Å². The van der Waals surface area contributed by atoms with E-state index in [1.807, 2.05) is 35.1 Å². The van der Waals surface area contributed by atoms with Gasteiger partial charge in [0.25, 0.3) is 5.91 Å².